The minimum Gasteiger partial charge on any atom is -0.382 e. The zero-order chi connectivity index (χ0) is 13.1. The van der Waals surface area contributed by atoms with Crippen LogP contribution < -0.4 is 0 Å². The van der Waals surface area contributed by atoms with Crippen molar-refractivity contribution in [1.29, 1.82) is 0 Å². The number of rotatable bonds is 4. The van der Waals surface area contributed by atoms with Crippen molar-refractivity contribution in [3.8, 4) is 0 Å². The van der Waals surface area contributed by atoms with Crippen molar-refractivity contribution in [2.45, 2.75) is 12.6 Å². The Bertz CT molecular complexity index is 507. The van der Waals surface area contributed by atoms with Crippen molar-refractivity contribution in [2.24, 2.45) is 0 Å². The van der Waals surface area contributed by atoms with Crippen molar-refractivity contribution in [2.75, 3.05) is 33.4 Å². The number of aromatic nitrogens is 3. The van der Waals surface area contributed by atoms with Gasteiger partial charge in [0.25, 0.3) is 0 Å². The highest BCUT2D eigenvalue weighted by molar-refractivity contribution is 5.29. The van der Waals surface area contributed by atoms with Crippen molar-refractivity contribution < 1.29 is 9.47 Å². The fourth-order valence-electron chi connectivity index (χ4n) is 2.40. The number of hydrogen-bond acceptors (Lipinski definition) is 5. The molecule has 1 atom stereocenters. The molecule has 0 amide bonds. The first kappa shape index (κ1) is 12.5. The molecule has 0 N–H and O–H groups in total. The fourth-order valence-corrected chi connectivity index (χ4v) is 2.40. The topological polar surface area (TPSA) is 51.9 Å². The van der Waals surface area contributed by atoms with Gasteiger partial charge >= 0.3 is 0 Å². The summed E-state index contributed by atoms with van der Waals surface area (Å²) in [7, 11) is 1.70. The minimum absolute atomic E-state index is 0.161. The number of nitrogens with zero attached hydrogens (tertiary/aromatic N) is 4. The summed E-state index contributed by atoms with van der Waals surface area (Å²) in [6, 6.07) is 1.90. The smallest absolute Gasteiger partial charge is 0.233 e. The number of imidazole rings is 1. The molecule has 0 aromatic carbocycles. The Hall–Kier alpha value is -1.50. The number of fused-ring (bicyclic) bond motifs is 1. The second-order valence-corrected chi connectivity index (χ2v) is 4.74. The van der Waals surface area contributed by atoms with Crippen molar-refractivity contribution in [3.05, 3.63) is 30.4 Å². The standard InChI is InChI=1S/C13H18N4O2/c1-18-10-12-9-16(5-6-19-12)7-11-8-17-4-2-3-14-13(17)15-11/h2-4,8,12H,5-7,9-10H2,1H3/t12-/m1/s1. The van der Waals surface area contributed by atoms with Crippen LogP contribution in [0.5, 0.6) is 0 Å². The van der Waals surface area contributed by atoms with Gasteiger partial charge in [0.2, 0.25) is 5.78 Å². The molecule has 3 rings (SSSR count). The van der Waals surface area contributed by atoms with E-state index in [2.05, 4.69) is 14.9 Å². The van der Waals surface area contributed by atoms with E-state index in [1.54, 1.807) is 13.3 Å². The molecule has 6 nitrogen and oxygen atoms in total. The summed E-state index contributed by atoms with van der Waals surface area (Å²) in [5.74, 6) is 0.749. The third kappa shape index (κ3) is 2.91. The quantitative estimate of drug-likeness (QED) is 0.806. The highest BCUT2D eigenvalue weighted by Crippen LogP contribution is 2.10. The first-order valence-electron chi connectivity index (χ1n) is 6.46. The van der Waals surface area contributed by atoms with Gasteiger partial charge in [0.15, 0.2) is 0 Å². The predicted molar refractivity (Wildman–Crippen MR) is 69.9 cm³/mol. The van der Waals surface area contributed by atoms with Crippen LogP contribution in [0.2, 0.25) is 0 Å². The van der Waals surface area contributed by atoms with Crippen LogP contribution in [-0.4, -0.2) is 58.8 Å². The number of morpholine rings is 1. The highest BCUT2D eigenvalue weighted by atomic mass is 16.5. The molecular formula is C13H18N4O2. The van der Waals surface area contributed by atoms with Gasteiger partial charge in [0.1, 0.15) is 0 Å². The third-order valence-corrected chi connectivity index (χ3v) is 3.25. The van der Waals surface area contributed by atoms with Gasteiger partial charge in [-0.15, -0.1) is 0 Å². The molecule has 0 saturated carbocycles. The molecule has 19 heavy (non-hydrogen) atoms. The van der Waals surface area contributed by atoms with Gasteiger partial charge in [-0.1, -0.05) is 0 Å². The number of methoxy groups -OCH3 is 1. The molecule has 1 fully saturated rings. The molecule has 2 aromatic heterocycles. The van der Waals surface area contributed by atoms with E-state index in [-0.39, 0.29) is 6.10 Å². The Morgan fingerprint density at radius 2 is 2.47 bits per heavy atom. The van der Waals surface area contributed by atoms with Crippen LogP contribution in [0.4, 0.5) is 0 Å². The Labute approximate surface area is 112 Å². The minimum atomic E-state index is 0.161. The molecule has 2 aromatic rings. The molecule has 102 valence electrons. The lowest BCUT2D eigenvalue weighted by molar-refractivity contribution is -0.0633. The van der Waals surface area contributed by atoms with Gasteiger partial charge in [-0.2, -0.15) is 0 Å². The molecule has 0 spiro atoms. The van der Waals surface area contributed by atoms with E-state index in [4.69, 9.17) is 9.47 Å². The predicted octanol–water partition coefficient (Wildman–Crippen LogP) is 0.576. The summed E-state index contributed by atoms with van der Waals surface area (Å²) in [5, 5.41) is 0. The summed E-state index contributed by atoms with van der Waals surface area (Å²) in [4.78, 5) is 11.1. The maximum Gasteiger partial charge on any atom is 0.233 e. The molecule has 0 radical (unpaired) electrons. The van der Waals surface area contributed by atoms with E-state index in [0.717, 1.165) is 37.7 Å². The average Bonchev–Trinajstić information content (AvgIpc) is 2.81. The highest BCUT2D eigenvalue weighted by Gasteiger charge is 2.21. The van der Waals surface area contributed by atoms with Crippen molar-refractivity contribution in [3.63, 3.8) is 0 Å². The van der Waals surface area contributed by atoms with E-state index in [9.17, 15) is 0 Å². The molecule has 0 bridgehead atoms. The van der Waals surface area contributed by atoms with Gasteiger partial charge in [-0.3, -0.25) is 9.30 Å². The van der Waals surface area contributed by atoms with Gasteiger partial charge < -0.3 is 9.47 Å². The van der Waals surface area contributed by atoms with E-state index >= 15 is 0 Å². The van der Waals surface area contributed by atoms with Crippen LogP contribution in [0.1, 0.15) is 5.69 Å². The second kappa shape index (κ2) is 5.64. The normalized spacial score (nSPS) is 21.0. The zero-order valence-electron chi connectivity index (χ0n) is 11.0. The average molecular weight is 262 g/mol. The van der Waals surface area contributed by atoms with Gasteiger partial charge in [0, 0.05) is 45.3 Å². The molecule has 1 aliphatic heterocycles. The van der Waals surface area contributed by atoms with E-state index < -0.39 is 0 Å². The van der Waals surface area contributed by atoms with Crippen molar-refractivity contribution >= 4 is 5.78 Å². The molecule has 1 aliphatic rings. The van der Waals surface area contributed by atoms with E-state index in [1.807, 2.05) is 22.9 Å². The van der Waals surface area contributed by atoms with Gasteiger partial charge in [-0.25, -0.2) is 9.97 Å². The SMILES string of the molecule is COC[C@H]1CN(Cc2cn3cccnc3n2)CCO1. The van der Waals surface area contributed by atoms with Crippen LogP contribution >= 0.6 is 0 Å². The lowest BCUT2D eigenvalue weighted by atomic mass is 10.2. The van der Waals surface area contributed by atoms with Gasteiger partial charge in [0.05, 0.1) is 25.0 Å². The molecule has 3 heterocycles. The maximum absolute atomic E-state index is 5.64. The van der Waals surface area contributed by atoms with Crippen LogP contribution in [0.25, 0.3) is 5.78 Å². The summed E-state index contributed by atoms with van der Waals surface area (Å²) >= 11 is 0. The van der Waals surface area contributed by atoms with Gasteiger partial charge in [-0.05, 0) is 6.07 Å². The molecule has 0 unspecified atom stereocenters. The Morgan fingerprint density at radius 1 is 1.53 bits per heavy atom. The van der Waals surface area contributed by atoms with Crippen LogP contribution in [0.3, 0.4) is 0 Å². The first-order valence-corrected chi connectivity index (χ1v) is 6.46. The monoisotopic (exact) mass is 262 g/mol. The summed E-state index contributed by atoms with van der Waals surface area (Å²) in [5.41, 5.74) is 1.04. The van der Waals surface area contributed by atoms with Crippen LogP contribution in [-0.2, 0) is 16.0 Å². The summed E-state index contributed by atoms with van der Waals surface area (Å²) in [6.45, 7) is 4.03. The first-order chi connectivity index (χ1) is 9.35. The summed E-state index contributed by atoms with van der Waals surface area (Å²) in [6.07, 6.45) is 5.92. The zero-order valence-corrected chi connectivity index (χ0v) is 11.0. The fraction of sp³-hybridized carbons (Fsp3) is 0.538. The maximum atomic E-state index is 5.64. The largest absolute Gasteiger partial charge is 0.382 e. The van der Waals surface area contributed by atoms with Crippen molar-refractivity contribution in [1.82, 2.24) is 19.3 Å². The van der Waals surface area contributed by atoms with Crippen LogP contribution in [0.15, 0.2) is 24.7 Å². The molecule has 0 aliphatic carbocycles. The lowest BCUT2D eigenvalue weighted by Gasteiger charge is -2.31. The number of hydrogen-bond donors (Lipinski definition) is 0. The second-order valence-electron chi connectivity index (χ2n) is 4.74. The Morgan fingerprint density at radius 3 is 3.32 bits per heavy atom. The Kier molecular flexibility index (Phi) is 3.72. The molecular weight excluding hydrogens is 244 g/mol. The Balaban J connectivity index is 1.67. The molecule has 6 heteroatoms. The summed E-state index contributed by atoms with van der Waals surface area (Å²) < 4.78 is 12.7. The van der Waals surface area contributed by atoms with E-state index in [0.29, 0.717) is 6.61 Å². The lowest BCUT2D eigenvalue weighted by Crippen LogP contribution is -2.43. The third-order valence-electron chi connectivity index (χ3n) is 3.25. The van der Waals surface area contributed by atoms with E-state index in [1.165, 1.54) is 0 Å². The molecule has 1 saturated heterocycles. The van der Waals surface area contributed by atoms with Crippen LogP contribution in [0, 0.1) is 0 Å². The number of ether oxygens (including phenoxy) is 2.